The summed E-state index contributed by atoms with van der Waals surface area (Å²) in [6, 6.07) is 21.2. The minimum absolute atomic E-state index is 0.0129. The summed E-state index contributed by atoms with van der Waals surface area (Å²) in [7, 11) is 1.68. The van der Waals surface area contributed by atoms with Crippen molar-refractivity contribution in [2.75, 3.05) is 30.8 Å². The first kappa shape index (κ1) is 30.4. The number of nitrogens with one attached hydrogen (secondary N) is 2. The molecule has 5 rings (SSSR count). The van der Waals surface area contributed by atoms with Gasteiger partial charge in [0.25, 0.3) is 5.91 Å². The van der Waals surface area contributed by atoms with Crippen molar-refractivity contribution in [2.24, 2.45) is 0 Å². The molecule has 3 N–H and O–H groups in total. The van der Waals surface area contributed by atoms with Gasteiger partial charge in [-0.1, -0.05) is 57.2 Å². The molecule has 0 aliphatic carbocycles. The first-order valence-electron chi connectivity index (χ1n) is 14.6. The molecule has 0 aliphatic rings. The molecule has 0 spiro atoms. The van der Waals surface area contributed by atoms with Crippen molar-refractivity contribution in [3.8, 4) is 11.3 Å². The van der Waals surface area contributed by atoms with Gasteiger partial charge in [0.15, 0.2) is 11.5 Å². The van der Waals surface area contributed by atoms with E-state index >= 15 is 0 Å². The van der Waals surface area contributed by atoms with E-state index in [0.29, 0.717) is 35.0 Å². The SMILES string of the molecule is Cc1ccc(-c2cn3ccnc3c(Nc3ccc(CC(=O)N(C)CCO)cc3)n2)cc1NC(=O)c1ccc(C(C)(C)C)cc1. The number of rotatable bonds is 9. The van der Waals surface area contributed by atoms with Gasteiger partial charge in [-0.25, -0.2) is 9.97 Å². The number of benzene rings is 3. The Kier molecular flexibility index (Phi) is 8.78. The molecule has 0 saturated heterocycles. The Hall–Kier alpha value is -5.02. The van der Waals surface area contributed by atoms with E-state index in [2.05, 4.69) is 36.4 Å². The number of imidazole rings is 1. The maximum atomic E-state index is 13.1. The first-order valence-corrected chi connectivity index (χ1v) is 14.6. The predicted octanol–water partition coefficient (Wildman–Crippen LogP) is 5.99. The summed E-state index contributed by atoms with van der Waals surface area (Å²) in [5.74, 6) is 0.348. The van der Waals surface area contributed by atoms with E-state index in [1.54, 1.807) is 13.2 Å². The molecule has 226 valence electrons. The molecule has 2 amide bonds. The first-order chi connectivity index (χ1) is 21.0. The number of carbonyl (C=O) groups is 2. The number of aliphatic hydroxyl groups is 1. The highest BCUT2D eigenvalue weighted by Gasteiger charge is 2.16. The van der Waals surface area contributed by atoms with Crippen LogP contribution in [0.2, 0.25) is 0 Å². The number of anilines is 3. The molecule has 0 fully saturated rings. The van der Waals surface area contributed by atoms with Gasteiger partial charge in [-0.2, -0.15) is 0 Å². The zero-order valence-electron chi connectivity index (χ0n) is 25.8. The van der Waals surface area contributed by atoms with E-state index in [1.807, 2.05) is 90.4 Å². The molecule has 9 nitrogen and oxygen atoms in total. The second kappa shape index (κ2) is 12.7. The van der Waals surface area contributed by atoms with Crippen molar-refractivity contribution in [3.63, 3.8) is 0 Å². The van der Waals surface area contributed by atoms with Crippen LogP contribution in [-0.4, -0.2) is 56.4 Å². The van der Waals surface area contributed by atoms with Gasteiger partial charge < -0.3 is 25.0 Å². The average Bonchev–Trinajstić information content (AvgIpc) is 3.48. The summed E-state index contributed by atoms with van der Waals surface area (Å²) in [5.41, 5.74) is 7.32. The maximum absolute atomic E-state index is 13.1. The lowest BCUT2D eigenvalue weighted by Gasteiger charge is -2.19. The minimum Gasteiger partial charge on any atom is -0.395 e. The Labute approximate surface area is 257 Å². The summed E-state index contributed by atoms with van der Waals surface area (Å²) in [4.78, 5) is 36.4. The molecule has 0 bridgehead atoms. The van der Waals surface area contributed by atoms with E-state index in [9.17, 15) is 9.59 Å². The minimum atomic E-state index is -0.170. The third-order valence-corrected chi connectivity index (χ3v) is 7.60. The van der Waals surface area contributed by atoms with E-state index in [0.717, 1.165) is 22.4 Å². The smallest absolute Gasteiger partial charge is 0.255 e. The molecule has 5 aromatic rings. The number of aromatic nitrogens is 3. The number of likely N-dealkylation sites (N-methyl/N-ethyl adjacent to an activating group) is 1. The lowest BCUT2D eigenvalue weighted by atomic mass is 9.86. The van der Waals surface area contributed by atoms with E-state index in [4.69, 9.17) is 10.1 Å². The molecule has 0 radical (unpaired) electrons. The van der Waals surface area contributed by atoms with Gasteiger partial charge >= 0.3 is 0 Å². The second-order valence-electron chi connectivity index (χ2n) is 12.0. The zero-order valence-corrected chi connectivity index (χ0v) is 25.8. The fourth-order valence-corrected chi connectivity index (χ4v) is 4.81. The fraction of sp³-hybridized carbons (Fsp3) is 0.257. The number of aliphatic hydroxyl groups excluding tert-OH is 1. The van der Waals surface area contributed by atoms with Gasteiger partial charge in [0, 0.05) is 54.7 Å². The monoisotopic (exact) mass is 590 g/mol. The van der Waals surface area contributed by atoms with Crippen LogP contribution in [0.1, 0.15) is 47.8 Å². The van der Waals surface area contributed by atoms with Gasteiger partial charge in [0.2, 0.25) is 5.91 Å². The predicted molar refractivity (Wildman–Crippen MR) is 174 cm³/mol. The van der Waals surface area contributed by atoms with Crippen LogP contribution in [-0.2, 0) is 16.6 Å². The van der Waals surface area contributed by atoms with Crippen molar-refractivity contribution in [1.29, 1.82) is 0 Å². The Morgan fingerprint density at radius 3 is 2.41 bits per heavy atom. The summed E-state index contributed by atoms with van der Waals surface area (Å²) < 4.78 is 1.91. The van der Waals surface area contributed by atoms with Gasteiger partial charge in [0.1, 0.15) is 0 Å². The quantitative estimate of drug-likeness (QED) is 0.194. The average molecular weight is 591 g/mol. The van der Waals surface area contributed by atoms with Crippen LogP contribution in [0, 0.1) is 6.92 Å². The molecule has 9 heteroatoms. The molecule has 3 aromatic carbocycles. The van der Waals surface area contributed by atoms with Gasteiger partial charge in [0.05, 0.1) is 18.7 Å². The topological polar surface area (TPSA) is 112 Å². The fourth-order valence-electron chi connectivity index (χ4n) is 4.81. The summed E-state index contributed by atoms with van der Waals surface area (Å²) in [6.07, 6.45) is 5.74. The Bertz CT molecular complexity index is 1790. The van der Waals surface area contributed by atoms with Crippen molar-refractivity contribution in [1.82, 2.24) is 19.3 Å². The standard InChI is InChI=1S/C35H38N6O3/c1-23-6-9-26(21-29(23)39-34(44)25-10-12-27(13-11-25)35(2,3)4)30-22-41-17-16-36-33(41)32(38-30)37-28-14-7-24(8-15-28)20-31(43)40(5)18-19-42/h6-17,21-22,42H,18-20H2,1-5H3,(H,37,38)(H,39,44). The summed E-state index contributed by atoms with van der Waals surface area (Å²) in [6.45, 7) is 8.65. The molecule has 2 aromatic heterocycles. The number of fused-ring (bicyclic) bond motifs is 1. The van der Waals surface area contributed by atoms with Crippen LogP contribution >= 0.6 is 0 Å². The number of carbonyl (C=O) groups excluding carboxylic acids is 2. The van der Waals surface area contributed by atoms with Gasteiger partial charge in [-0.15, -0.1) is 0 Å². The van der Waals surface area contributed by atoms with Crippen LogP contribution in [0.4, 0.5) is 17.2 Å². The second-order valence-corrected chi connectivity index (χ2v) is 12.0. The lowest BCUT2D eigenvalue weighted by molar-refractivity contribution is -0.129. The number of hydrogen-bond donors (Lipinski definition) is 3. The molecule has 0 atom stereocenters. The maximum Gasteiger partial charge on any atom is 0.255 e. The molecular formula is C35H38N6O3. The van der Waals surface area contributed by atoms with Crippen LogP contribution < -0.4 is 10.6 Å². The van der Waals surface area contributed by atoms with E-state index in [1.165, 1.54) is 10.5 Å². The van der Waals surface area contributed by atoms with Crippen LogP contribution in [0.3, 0.4) is 0 Å². The number of nitrogens with zero attached hydrogens (tertiary/aromatic N) is 4. The number of amides is 2. The normalized spacial score (nSPS) is 11.4. The lowest BCUT2D eigenvalue weighted by Crippen LogP contribution is -2.30. The Balaban J connectivity index is 1.37. The van der Waals surface area contributed by atoms with Crippen LogP contribution in [0.15, 0.2) is 85.3 Å². The Morgan fingerprint density at radius 2 is 1.73 bits per heavy atom. The van der Waals surface area contributed by atoms with Crippen LogP contribution in [0.5, 0.6) is 0 Å². The van der Waals surface area contributed by atoms with Crippen molar-refractivity contribution >= 4 is 34.7 Å². The van der Waals surface area contributed by atoms with E-state index in [-0.39, 0.29) is 30.3 Å². The Morgan fingerprint density at radius 1 is 1.00 bits per heavy atom. The largest absolute Gasteiger partial charge is 0.395 e. The molecule has 0 saturated carbocycles. The van der Waals surface area contributed by atoms with Crippen molar-refractivity contribution in [2.45, 2.75) is 39.5 Å². The highest BCUT2D eigenvalue weighted by atomic mass is 16.3. The third-order valence-electron chi connectivity index (χ3n) is 7.60. The van der Waals surface area contributed by atoms with Crippen molar-refractivity contribution < 1.29 is 14.7 Å². The van der Waals surface area contributed by atoms with Crippen molar-refractivity contribution in [3.05, 3.63) is 108 Å². The zero-order chi connectivity index (χ0) is 31.4. The number of hydrogen-bond acceptors (Lipinski definition) is 6. The highest BCUT2D eigenvalue weighted by Crippen LogP contribution is 2.29. The molecule has 0 unspecified atom stereocenters. The van der Waals surface area contributed by atoms with Crippen LogP contribution in [0.25, 0.3) is 16.9 Å². The highest BCUT2D eigenvalue weighted by molar-refractivity contribution is 6.05. The third kappa shape index (κ3) is 6.95. The molecule has 2 heterocycles. The molecule has 44 heavy (non-hydrogen) atoms. The van der Waals surface area contributed by atoms with E-state index < -0.39 is 0 Å². The molecular weight excluding hydrogens is 552 g/mol. The summed E-state index contributed by atoms with van der Waals surface area (Å²) >= 11 is 0. The number of aryl methyl sites for hydroxylation is 1. The van der Waals surface area contributed by atoms with Gasteiger partial charge in [-0.3, -0.25) is 9.59 Å². The summed E-state index contributed by atoms with van der Waals surface area (Å²) in [5, 5.41) is 15.5. The van der Waals surface area contributed by atoms with Gasteiger partial charge in [-0.05, 0) is 59.4 Å². The molecule has 0 aliphatic heterocycles.